The third-order valence-corrected chi connectivity index (χ3v) is 6.49. The minimum absolute atomic E-state index is 0.229. The first-order chi connectivity index (χ1) is 9.97. The van der Waals surface area contributed by atoms with Crippen molar-refractivity contribution in [3.05, 3.63) is 50.8 Å². The minimum Gasteiger partial charge on any atom is -0.469 e. The maximum absolute atomic E-state index is 12.6. The molecule has 1 unspecified atom stereocenters. The van der Waals surface area contributed by atoms with Gasteiger partial charge in [0.15, 0.2) is 0 Å². The van der Waals surface area contributed by atoms with E-state index in [4.69, 9.17) is 4.42 Å². The summed E-state index contributed by atoms with van der Waals surface area (Å²) in [5.41, 5.74) is 0.941. The fourth-order valence-corrected chi connectivity index (χ4v) is 5.29. The second-order valence-electron chi connectivity index (χ2n) is 4.94. The van der Waals surface area contributed by atoms with Crippen molar-refractivity contribution in [2.75, 3.05) is 0 Å². The molecular weight excluding hydrogens is 422 g/mol. The van der Waals surface area contributed by atoms with Gasteiger partial charge in [0.25, 0.3) is 0 Å². The van der Waals surface area contributed by atoms with E-state index < -0.39 is 10.0 Å². The summed E-state index contributed by atoms with van der Waals surface area (Å²) in [6, 6.07) is 6.70. The van der Waals surface area contributed by atoms with Crippen molar-refractivity contribution in [3.63, 3.8) is 0 Å². The van der Waals surface area contributed by atoms with Gasteiger partial charge in [0, 0.05) is 20.9 Å². The number of rotatable bonds is 3. The Morgan fingerprint density at radius 1 is 1.24 bits per heavy atom. The average Bonchev–Trinajstić information content (AvgIpc) is 2.90. The van der Waals surface area contributed by atoms with Gasteiger partial charge in [-0.3, -0.25) is 0 Å². The van der Waals surface area contributed by atoms with E-state index in [1.54, 1.807) is 24.5 Å². The fourth-order valence-electron chi connectivity index (χ4n) is 2.54. The van der Waals surface area contributed by atoms with Gasteiger partial charge in [-0.25, -0.2) is 13.1 Å². The highest BCUT2D eigenvalue weighted by Crippen LogP contribution is 2.33. The van der Waals surface area contributed by atoms with Crippen LogP contribution < -0.4 is 4.72 Å². The first kappa shape index (κ1) is 15.3. The lowest BCUT2D eigenvalue weighted by molar-refractivity contribution is 0.438. The maximum Gasteiger partial charge on any atom is 0.242 e. The van der Waals surface area contributed by atoms with E-state index in [-0.39, 0.29) is 10.9 Å². The smallest absolute Gasteiger partial charge is 0.242 e. The molecule has 21 heavy (non-hydrogen) atoms. The van der Waals surface area contributed by atoms with E-state index in [0.717, 1.165) is 35.1 Å². The van der Waals surface area contributed by atoms with Crippen LogP contribution in [0.4, 0.5) is 0 Å². The molecule has 2 aromatic rings. The molecule has 1 N–H and O–H groups in total. The molecule has 0 bridgehead atoms. The Bertz CT molecular complexity index is 770. The standard InChI is InChI=1S/C14H13Br2NO3S/c15-9-4-5-11(16)14(8-9)21(18,19)17-12-2-1-3-13-10(12)6-7-20-13/h4-8,12,17H,1-3H2. The summed E-state index contributed by atoms with van der Waals surface area (Å²) in [5.74, 6) is 0.877. The predicted molar refractivity (Wildman–Crippen MR) is 86.6 cm³/mol. The summed E-state index contributed by atoms with van der Waals surface area (Å²) in [5, 5.41) is 0. The number of hydrogen-bond donors (Lipinski definition) is 1. The Labute approximate surface area is 140 Å². The minimum atomic E-state index is -3.60. The lowest BCUT2D eigenvalue weighted by Gasteiger charge is -2.23. The van der Waals surface area contributed by atoms with Gasteiger partial charge in [-0.1, -0.05) is 15.9 Å². The Balaban J connectivity index is 1.93. The fraction of sp³-hybridized carbons (Fsp3) is 0.286. The summed E-state index contributed by atoms with van der Waals surface area (Å²) in [6.07, 6.45) is 4.16. The van der Waals surface area contributed by atoms with Crippen molar-refractivity contribution in [1.29, 1.82) is 0 Å². The highest BCUT2D eigenvalue weighted by Gasteiger charge is 2.28. The number of halogens is 2. The van der Waals surface area contributed by atoms with Gasteiger partial charge in [0.2, 0.25) is 10.0 Å². The highest BCUT2D eigenvalue weighted by atomic mass is 79.9. The third kappa shape index (κ3) is 3.11. The first-order valence-electron chi connectivity index (χ1n) is 6.51. The van der Waals surface area contributed by atoms with Crippen molar-refractivity contribution in [2.45, 2.75) is 30.2 Å². The average molecular weight is 435 g/mol. The number of benzene rings is 1. The van der Waals surface area contributed by atoms with Gasteiger partial charge in [-0.2, -0.15) is 0 Å². The molecule has 0 spiro atoms. The molecule has 0 fully saturated rings. The number of hydrogen-bond acceptors (Lipinski definition) is 3. The van der Waals surface area contributed by atoms with Crippen LogP contribution in [0.15, 0.2) is 48.8 Å². The molecule has 1 atom stereocenters. The lowest BCUT2D eigenvalue weighted by atomic mass is 9.94. The van der Waals surface area contributed by atoms with Crippen LogP contribution in [0, 0.1) is 0 Å². The van der Waals surface area contributed by atoms with Crippen LogP contribution in [-0.4, -0.2) is 8.42 Å². The number of fused-ring (bicyclic) bond motifs is 1. The van der Waals surface area contributed by atoms with Gasteiger partial charge in [0.05, 0.1) is 17.2 Å². The van der Waals surface area contributed by atoms with Gasteiger partial charge in [-0.15, -0.1) is 0 Å². The molecule has 0 radical (unpaired) electrons. The predicted octanol–water partition coefficient (Wildman–Crippen LogP) is 4.16. The summed E-state index contributed by atoms with van der Waals surface area (Å²) < 4.78 is 34.7. The van der Waals surface area contributed by atoms with Crippen LogP contribution in [0.5, 0.6) is 0 Å². The van der Waals surface area contributed by atoms with Gasteiger partial charge < -0.3 is 4.42 Å². The van der Waals surface area contributed by atoms with E-state index in [1.807, 2.05) is 6.07 Å². The topological polar surface area (TPSA) is 59.3 Å². The van der Waals surface area contributed by atoms with Crippen LogP contribution in [0.1, 0.15) is 30.2 Å². The number of nitrogens with one attached hydrogen (secondary N) is 1. The van der Waals surface area contributed by atoms with E-state index in [1.165, 1.54) is 0 Å². The molecule has 0 amide bonds. The number of furan rings is 1. The van der Waals surface area contributed by atoms with E-state index in [9.17, 15) is 8.42 Å². The van der Waals surface area contributed by atoms with Crippen molar-refractivity contribution < 1.29 is 12.8 Å². The van der Waals surface area contributed by atoms with Gasteiger partial charge in [-0.05, 0) is 53.0 Å². The monoisotopic (exact) mass is 433 g/mol. The molecule has 112 valence electrons. The highest BCUT2D eigenvalue weighted by molar-refractivity contribution is 9.11. The van der Waals surface area contributed by atoms with Crippen LogP contribution in [0.25, 0.3) is 0 Å². The second-order valence-corrected chi connectivity index (χ2v) is 8.39. The van der Waals surface area contributed by atoms with Crippen molar-refractivity contribution >= 4 is 41.9 Å². The molecule has 4 nitrogen and oxygen atoms in total. The number of sulfonamides is 1. The molecule has 1 aromatic heterocycles. The summed E-state index contributed by atoms with van der Waals surface area (Å²) >= 11 is 6.60. The maximum atomic E-state index is 12.6. The Kier molecular flexibility index (Phi) is 4.27. The van der Waals surface area contributed by atoms with Gasteiger partial charge >= 0.3 is 0 Å². The largest absolute Gasteiger partial charge is 0.469 e. The molecule has 0 saturated heterocycles. The van der Waals surface area contributed by atoms with Crippen LogP contribution in [0.3, 0.4) is 0 Å². The summed E-state index contributed by atoms with van der Waals surface area (Å²) in [6.45, 7) is 0. The molecule has 3 rings (SSSR count). The lowest BCUT2D eigenvalue weighted by Crippen LogP contribution is -2.30. The molecule has 7 heteroatoms. The molecule has 0 aliphatic heterocycles. The SMILES string of the molecule is O=S(=O)(NC1CCCc2occc21)c1cc(Br)ccc1Br. The summed E-state index contributed by atoms with van der Waals surface area (Å²) in [7, 11) is -3.60. The molecule has 1 aliphatic rings. The quantitative estimate of drug-likeness (QED) is 0.788. The van der Waals surface area contributed by atoms with Crippen molar-refractivity contribution in [2.24, 2.45) is 0 Å². The Morgan fingerprint density at radius 3 is 2.86 bits per heavy atom. The first-order valence-corrected chi connectivity index (χ1v) is 9.58. The zero-order chi connectivity index (χ0) is 15.0. The van der Waals surface area contributed by atoms with Crippen LogP contribution in [0.2, 0.25) is 0 Å². The van der Waals surface area contributed by atoms with Crippen molar-refractivity contribution in [3.8, 4) is 0 Å². The van der Waals surface area contributed by atoms with Gasteiger partial charge in [0.1, 0.15) is 5.76 Å². The molecule has 1 heterocycles. The number of aryl methyl sites for hydroxylation is 1. The molecule has 0 saturated carbocycles. The van der Waals surface area contributed by atoms with E-state index >= 15 is 0 Å². The second kappa shape index (κ2) is 5.87. The Morgan fingerprint density at radius 2 is 2.05 bits per heavy atom. The van der Waals surface area contributed by atoms with Crippen LogP contribution in [-0.2, 0) is 16.4 Å². The zero-order valence-electron chi connectivity index (χ0n) is 11.0. The summed E-state index contributed by atoms with van der Waals surface area (Å²) in [4.78, 5) is 0.229. The molecule has 1 aromatic carbocycles. The molecular formula is C14H13Br2NO3S. The zero-order valence-corrected chi connectivity index (χ0v) is 15.0. The van der Waals surface area contributed by atoms with Crippen molar-refractivity contribution in [1.82, 2.24) is 4.72 Å². The Hall–Kier alpha value is -0.630. The van der Waals surface area contributed by atoms with Crippen LogP contribution >= 0.6 is 31.9 Å². The third-order valence-electron chi connectivity index (χ3n) is 3.53. The van der Waals surface area contributed by atoms with E-state index in [2.05, 4.69) is 36.6 Å². The molecule has 1 aliphatic carbocycles. The van der Waals surface area contributed by atoms with E-state index in [0.29, 0.717) is 4.47 Å². The normalized spacial score (nSPS) is 18.5.